The van der Waals surface area contributed by atoms with E-state index < -0.39 is 29.1 Å². The number of nitrogens with zero attached hydrogens (tertiary/aromatic N) is 2. The average molecular weight is 362 g/mol. The van der Waals surface area contributed by atoms with Crippen molar-refractivity contribution in [2.24, 2.45) is 0 Å². The standard InChI is InChI=1S/C16H15FN4O5/c1-2-26-14(23)10-8-21(16(25)19-13(10)22)9-3-4-12(11(17)7-9)20-6-5-18-15(20)24/h3-4,7-8H,2,5-6H2,1H3,(H,18,24)(H,19,22,25). The second-order valence-corrected chi connectivity index (χ2v) is 5.41. The van der Waals surface area contributed by atoms with Gasteiger partial charge in [-0.3, -0.25) is 19.2 Å². The van der Waals surface area contributed by atoms with Crippen LogP contribution in [-0.2, 0) is 4.74 Å². The average Bonchev–Trinajstić information content (AvgIpc) is 3.01. The van der Waals surface area contributed by atoms with Gasteiger partial charge < -0.3 is 10.1 Å². The molecule has 2 heterocycles. The third kappa shape index (κ3) is 3.08. The number of amides is 2. The molecule has 2 N–H and O–H groups in total. The molecule has 1 aromatic heterocycles. The minimum atomic E-state index is -0.895. The van der Waals surface area contributed by atoms with Gasteiger partial charge in [0.25, 0.3) is 5.56 Å². The molecule has 0 atom stereocenters. The highest BCUT2D eigenvalue weighted by atomic mass is 19.1. The van der Waals surface area contributed by atoms with Gasteiger partial charge in [-0.1, -0.05) is 0 Å². The largest absolute Gasteiger partial charge is 0.462 e. The van der Waals surface area contributed by atoms with E-state index in [0.717, 1.165) is 16.8 Å². The summed E-state index contributed by atoms with van der Waals surface area (Å²) in [4.78, 5) is 50.5. The Balaban J connectivity index is 2.04. The van der Waals surface area contributed by atoms with Gasteiger partial charge in [-0.2, -0.15) is 0 Å². The van der Waals surface area contributed by atoms with Crippen molar-refractivity contribution < 1.29 is 18.7 Å². The molecule has 1 aromatic carbocycles. The maximum Gasteiger partial charge on any atom is 0.345 e. The molecule has 0 radical (unpaired) electrons. The van der Waals surface area contributed by atoms with Crippen LogP contribution in [0.15, 0.2) is 34.0 Å². The molecule has 0 saturated carbocycles. The quantitative estimate of drug-likeness (QED) is 0.763. The Morgan fingerprint density at radius 2 is 2.08 bits per heavy atom. The number of urea groups is 1. The summed E-state index contributed by atoms with van der Waals surface area (Å²) < 4.78 is 20.1. The smallest absolute Gasteiger partial charge is 0.345 e. The first kappa shape index (κ1) is 17.4. The Hall–Kier alpha value is -3.43. The van der Waals surface area contributed by atoms with Crippen LogP contribution in [0, 0.1) is 5.82 Å². The minimum absolute atomic E-state index is 0.0542. The molecule has 0 bridgehead atoms. The second kappa shape index (κ2) is 6.82. The number of H-pyrrole nitrogens is 1. The van der Waals surface area contributed by atoms with E-state index in [9.17, 15) is 23.6 Å². The first-order chi connectivity index (χ1) is 12.4. The number of nitrogens with one attached hydrogen (secondary N) is 2. The van der Waals surface area contributed by atoms with Gasteiger partial charge in [-0.25, -0.2) is 18.8 Å². The summed E-state index contributed by atoms with van der Waals surface area (Å²) >= 11 is 0. The molecule has 9 nitrogen and oxygen atoms in total. The number of carbonyl (C=O) groups excluding carboxylic acids is 2. The molecule has 3 rings (SSSR count). The molecule has 1 aliphatic heterocycles. The number of carbonyl (C=O) groups is 2. The molecule has 1 fully saturated rings. The van der Waals surface area contributed by atoms with Crippen molar-refractivity contribution in [1.29, 1.82) is 0 Å². The fourth-order valence-electron chi connectivity index (χ4n) is 2.58. The molecule has 2 aromatic rings. The van der Waals surface area contributed by atoms with Gasteiger partial charge in [-0.15, -0.1) is 0 Å². The molecule has 136 valence electrons. The van der Waals surface area contributed by atoms with Crippen molar-refractivity contribution >= 4 is 17.7 Å². The lowest BCUT2D eigenvalue weighted by atomic mass is 10.2. The number of halogens is 1. The van der Waals surface area contributed by atoms with E-state index >= 15 is 0 Å². The fourth-order valence-corrected chi connectivity index (χ4v) is 2.58. The van der Waals surface area contributed by atoms with E-state index in [0.29, 0.717) is 13.1 Å². The third-order valence-corrected chi connectivity index (χ3v) is 3.79. The number of benzene rings is 1. The Bertz CT molecular complexity index is 997. The number of ether oxygens (including phenoxy) is 1. The van der Waals surface area contributed by atoms with Crippen LogP contribution in [0.2, 0.25) is 0 Å². The summed E-state index contributed by atoms with van der Waals surface area (Å²) in [5.74, 6) is -1.62. The van der Waals surface area contributed by atoms with Crippen LogP contribution in [0.1, 0.15) is 17.3 Å². The van der Waals surface area contributed by atoms with Crippen molar-refractivity contribution in [2.75, 3.05) is 24.6 Å². The topological polar surface area (TPSA) is 114 Å². The highest BCUT2D eigenvalue weighted by Crippen LogP contribution is 2.23. The molecule has 10 heteroatoms. The maximum absolute atomic E-state index is 14.5. The van der Waals surface area contributed by atoms with E-state index in [1.54, 1.807) is 6.92 Å². The molecule has 26 heavy (non-hydrogen) atoms. The van der Waals surface area contributed by atoms with E-state index in [1.807, 2.05) is 4.98 Å². The Labute approximate surface area is 146 Å². The summed E-state index contributed by atoms with van der Waals surface area (Å²) in [5, 5.41) is 2.56. The monoisotopic (exact) mass is 362 g/mol. The first-order valence-electron chi connectivity index (χ1n) is 7.80. The maximum atomic E-state index is 14.5. The number of anilines is 1. The first-order valence-corrected chi connectivity index (χ1v) is 7.80. The van der Waals surface area contributed by atoms with Gasteiger partial charge in [-0.05, 0) is 19.1 Å². The highest BCUT2D eigenvalue weighted by Gasteiger charge is 2.24. The number of hydrogen-bond acceptors (Lipinski definition) is 5. The second-order valence-electron chi connectivity index (χ2n) is 5.41. The van der Waals surface area contributed by atoms with Crippen molar-refractivity contribution in [1.82, 2.24) is 14.9 Å². The van der Waals surface area contributed by atoms with Crippen molar-refractivity contribution in [3.63, 3.8) is 0 Å². The Kier molecular flexibility index (Phi) is 4.57. The molecule has 1 saturated heterocycles. The van der Waals surface area contributed by atoms with Gasteiger partial charge in [0.05, 0.1) is 18.0 Å². The fraction of sp³-hybridized carbons (Fsp3) is 0.250. The van der Waals surface area contributed by atoms with Crippen LogP contribution in [0.3, 0.4) is 0 Å². The zero-order chi connectivity index (χ0) is 18.8. The van der Waals surface area contributed by atoms with E-state index in [2.05, 4.69) is 5.32 Å². The number of aromatic nitrogens is 2. The zero-order valence-electron chi connectivity index (χ0n) is 13.7. The molecular weight excluding hydrogens is 347 g/mol. The summed E-state index contributed by atoms with van der Waals surface area (Å²) in [6.45, 7) is 2.35. The zero-order valence-corrected chi connectivity index (χ0v) is 13.7. The Morgan fingerprint density at radius 1 is 1.31 bits per heavy atom. The normalized spacial score (nSPS) is 13.6. The van der Waals surface area contributed by atoms with Crippen LogP contribution in [0.4, 0.5) is 14.9 Å². The third-order valence-electron chi connectivity index (χ3n) is 3.79. The summed E-state index contributed by atoms with van der Waals surface area (Å²) in [7, 11) is 0. The van der Waals surface area contributed by atoms with Gasteiger partial charge in [0.15, 0.2) is 0 Å². The predicted octanol–water partition coefficient (Wildman–Crippen LogP) is 0.371. The van der Waals surface area contributed by atoms with Gasteiger partial charge in [0.2, 0.25) is 0 Å². The number of hydrogen-bond donors (Lipinski definition) is 2. The molecular formula is C16H15FN4O5. The van der Waals surface area contributed by atoms with E-state index in [4.69, 9.17) is 4.74 Å². The van der Waals surface area contributed by atoms with Gasteiger partial charge in [0, 0.05) is 25.4 Å². The number of rotatable bonds is 4. The van der Waals surface area contributed by atoms with Crippen LogP contribution in [0.25, 0.3) is 5.69 Å². The van der Waals surface area contributed by atoms with Crippen LogP contribution < -0.4 is 21.5 Å². The lowest BCUT2D eigenvalue weighted by Gasteiger charge is -2.16. The summed E-state index contributed by atoms with van der Waals surface area (Å²) in [6, 6.07) is 3.37. The molecule has 0 spiro atoms. The van der Waals surface area contributed by atoms with Crippen LogP contribution in [-0.4, -0.2) is 41.2 Å². The molecule has 2 amide bonds. The van der Waals surface area contributed by atoms with Gasteiger partial charge in [0.1, 0.15) is 11.4 Å². The predicted molar refractivity (Wildman–Crippen MR) is 89.3 cm³/mol. The lowest BCUT2D eigenvalue weighted by molar-refractivity contribution is 0.0523. The van der Waals surface area contributed by atoms with E-state index in [-0.39, 0.29) is 23.5 Å². The number of aromatic amines is 1. The number of esters is 1. The van der Waals surface area contributed by atoms with Crippen molar-refractivity contribution in [2.45, 2.75) is 6.92 Å². The van der Waals surface area contributed by atoms with Gasteiger partial charge >= 0.3 is 17.7 Å². The van der Waals surface area contributed by atoms with Crippen molar-refractivity contribution in [3.05, 3.63) is 56.6 Å². The molecule has 0 unspecified atom stereocenters. The van der Waals surface area contributed by atoms with Crippen molar-refractivity contribution in [3.8, 4) is 5.69 Å². The molecule has 1 aliphatic rings. The minimum Gasteiger partial charge on any atom is -0.462 e. The highest BCUT2D eigenvalue weighted by molar-refractivity contribution is 5.94. The SMILES string of the molecule is CCOC(=O)c1cn(-c2ccc(N3CCNC3=O)c(F)c2)c(=O)[nH]c1=O. The summed E-state index contributed by atoms with van der Waals surface area (Å²) in [5.41, 5.74) is -1.97. The van der Waals surface area contributed by atoms with Crippen LogP contribution >= 0.6 is 0 Å². The molecule has 0 aliphatic carbocycles. The summed E-state index contributed by atoms with van der Waals surface area (Å²) in [6.07, 6.45) is 0.996. The van der Waals surface area contributed by atoms with Crippen LogP contribution in [0.5, 0.6) is 0 Å². The van der Waals surface area contributed by atoms with E-state index in [1.165, 1.54) is 17.0 Å². The lowest BCUT2D eigenvalue weighted by Crippen LogP contribution is -2.33. The Morgan fingerprint density at radius 3 is 2.69 bits per heavy atom.